The van der Waals surface area contributed by atoms with Gasteiger partial charge >= 0.3 is 0 Å². The van der Waals surface area contributed by atoms with E-state index in [1.54, 1.807) is 0 Å². The molecule has 1 aromatic carbocycles. The van der Waals surface area contributed by atoms with Crippen molar-refractivity contribution in [3.8, 4) is 0 Å². The minimum absolute atomic E-state index is 0.188. The van der Waals surface area contributed by atoms with E-state index in [0.29, 0.717) is 11.1 Å². The standard InChI is InChI=1S/C18H25ClN2O/c19-14-5-3-4-13(12-14)18(10-1-2-11-18)17(22)21-16-8-6-15(20)7-9-16/h3-5,12,15-16H,1-2,6-11,20H2,(H,21,22). The molecule has 2 aliphatic rings. The van der Waals surface area contributed by atoms with Gasteiger partial charge in [-0.3, -0.25) is 4.79 Å². The monoisotopic (exact) mass is 320 g/mol. The number of hydrogen-bond donors (Lipinski definition) is 2. The second-order valence-electron chi connectivity index (χ2n) is 6.88. The number of carbonyl (C=O) groups excluding carboxylic acids is 1. The van der Waals surface area contributed by atoms with E-state index in [1.165, 1.54) is 0 Å². The van der Waals surface area contributed by atoms with E-state index in [4.69, 9.17) is 17.3 Å². The first-order valence-corrected chi connectivity index (χ1v) is 8.80. The van der Waals surface area contributed by atoms with Gasteiger partial charge in [-0.15, -0.1) is 0 Å². The third-order valence-electron chi connectivity index (χ3n) is 5.38. The lowest BCUT2D eigenvalue weighted by Gasteiger charge is -2.33. The number of benzene rings is 1. The van der Waals surface area contributed by atoms with Crippen LogP contribution in [0.15, 0.2) is 24.3 Å². The van der Waals surface area contributed by atoms with Crippen LogP contribution in [-0.2, 0) is 10.2 Å². The molecule has 2 aliphatic carbocycles. The largest absolute Gasteiger partial charge is 0.353 e. The number of amides is 1. The molecule has 0 aliphatic heterocycles. The number of nitrogens with two attached hydrogens (primary N) is 1. The summed E-state index contributed by atoms with van der Waals surface area (Å²) in [7, 11) is 0. The molecule has 2 saturated carbocycles. The zero-order chi connectivity index (χ0) is 15.6. The van der Waals surface area contributed by atoms with Crippen molar-refractivity contribution in [2.45, 2.75) is 68.9 Å². The Balaban J connectivity index is 1.77. The van der Waals surface area contributed by atoms with Crippen LogP contribution in [0.5, 0.6) is 0 Å². The predicted octanol–water partition coefficient (Wildman–Crippen LogP) is 3.54. The van der Waals surface area contributed by atoms with Crippen LogP contribution < -0.4 is 11.1 Å². The van der Waals surface area contributed by atoms with Crippen LogP contribution in [0.25, 0.3) is 0 Å². The first kappa shape index (κ1) is 15.8. The lowest BCUT2D eigenvalue weighted by molar-refractivity contribution is -0.127. The van der Waals surface area contributed by atoms with Crippen molar-refractivity contribution in [2.75, 3.05) is 0 Å². The minimum atomic E-state index is -0.384. The van der Waals surface area contributed by atoms with E-state index in [9.17, 15) is 4.79 Å². The van der Waals surface area contributed by atoms with Gasteiger partial charge in [0.25, 0.3) is 0 Å². The molecule has 3 nitrogen and oxygen atoms in total. The summed E-state index contributed by atoms with van der Waals surface area (Å²) in [6.07, 6.45) is 8.07. The normalized spacial score (nSPS) is 27.5. The van der Waals surface area contributed by atoms with Gasteiger partial charge in [0.15, 0.2) is 0 Å². The molecule has 0 spiro atoms. The van der Waals surface area contributed by atoms with Crippen molar-refractivity contribution < 1.29 is 4.79 Å². The summed E-state index contributed by atoms with van der Waals surface area (Å²) in [5.74, 6) is 0.188. The zero-order valence-electron chi connectivity index (χ0n) is 13.0. The fourth-order valence-electron chi connectivity index (χ4n) is 4.00. The predicted molar refractivity (Wildman–Crippen MR) is 90.0 cm³/mol. The number of rotatable bonds is 3. The lowest BCUT2D eigenvalue weighted by Crippen LogP contribution is -2.48. The summed E-state index contributed by atoms with van der Waals surface area (Å²) in [4.78, 5) is 13.0. The Bertz CT molecular complexity index is 532. The molecule has 0 radical (unpaired) electrons. The molecule has 4 heteroatoms. The molecule has 0 unspecified atom stereocenters. The summed E-state index contributed by atoms with van der Waals surface area (Å²) in [5.41, 5.74) is 6.64. The van der Waals surface area contributed by atoms with E-state index < -0.39 is 0 Å². The Labute approximate surface area is 137 Å². The Morgan fingerprint density at radius 1 is 1.18 bits per heavy atom. The van der Waals surface area contributed by atoms with Crippen molar-refractivity contribution >= 4 is 17.5 Å². The van der Waals surface area contributed by atoms with Gasteiger partial charge in [0.2, 0.25) is 5.91 Å². The van der Waals surface area contributed by atoms with Gasteiger partial charge < -0.3 is 11.1 Å². The number of nitrogens with one attached hydrogen (secondary N) is 1. The molecule has 0 bridgehead atoms. The topological polar surface area (TPSA) is 55.1 Å². The van der Waals surface area contributed by atoms with Gasteiger partial charge in [-0.05, 0) is 56.2 Å². The quantitative estimate of drug-likeness (QED) is 0.895. The molecule has 0 atom stereocenters. The average Bonchev–Trinajstić information content (AvgIpc) is 3.00. The van der Waals surface area contributed by atoms with Gasteiger partial charge in [0, 0.05) is 17.1 Å². The average molecular weight is 321 g/mol. The van der Waals surface area contributed by atoms with Crippen molar-refractivity contribution in [2.24, 2.45) is 5.73 Å². The lowest BCUT2D eigenvalue weighted by atomic mass is 9.77. The van der Waals surface area contributed by atoms with Crippen LogP contribution in [0.4, 0.5) is 0 Å². The second-order valence-corrected chi connectivity index (χ2v) is 7.32. The van der Waals surface area contributed by atoms with Gasteiger partial charge in [0.05, 0.1) is 5.41 Å². The van der Waals surface area contributed by atoms with Crippen molar-refractivity contribution in [3.05, 3.63) is 34.9 Å². The van der Waals surface area contributed by atoms with E-state index >= 15 is 0 Å². The number of carbonyl (C=O) groups is 1. The van der Waals surface area contributed by atoms with E-state index in [0.717, 1.165) is 56.9 Å². The molecule has 2 fully saturated rings. The van der Waals surface area contributed by atoms with Crippen molar-refractivity contribution in [3.63, 3.8) is 0 Å². The second kappa shape index (κ2) is 6.59. The van der Waals surface area contributed by atoms with Crippen LogP contribution in [-0.4, -0.2) is 18.0 Å². The molecule has 0 heterocycles. The highest BCUT2D eigenvalue weighted by molar-refractivity contribution is 6.30. The molecule has 3 N–H and O–H groups in total. The highest BCUT2D eigenvalue weighted by atomic mass is 35.5. The highest BCUT2D eigenvalue weighted by Crippen LogP contribution is 2.42. The van der Waals surface area contributed by atoms with Crippen LogP contribution in [0.1, 0.15) is 56.9 Å². The summed E-state index contributed by atoms with van der Waals surface area (Å²) in [6, 6.07) is 8.42. The maximum atomic E-state index is 13.0. The summed E-state index contributed by atoms with van der Waals surface area (Å²) in [6.45, 7) is 0. The third kappa shape index (κ3) is 3.16. The molecular formula is C18H25ClN2O. The fraction of sp³-hybridized carbons (Fsp3) is 0.611. The van der Waals surface area contributed by atoms with Crippen LogP contribution in [0.2, 0.25) is 5.02 Å². The molecule has 0 aromatic heterocycles. The van der Waals surface area contributed by atoms with Crippen molar-refractivity contribution in [1.82, 2.24) is 5.32 Å². The zero-order valence-corrected chi connectivity index (χ0v) is 13.7. The fourth-order valence-corrected chi connectivity index (χ4v) is 4.19. The molecule has 0 saturated heterocycles. The van der Waals surface area contributed by atoms with Crippen LogP contribution in [0, 0.1) is 0 Å². The minimum Gasteiger partial charge on any atom is -0.353 e. The molecule has 1 amide bonds. The SMILES string of the molecule is NC1CCC(NC(=O)C2(c3cccc(Cl)c3)CCCC2)CC1. The van der Waals surface area contributed by atoms with Crippen LogP contribution >= 0.6 is 11.6 Å². The molecule has 120 valence electrons. The first-order chi connectivity index (χ1) is 10.6. The summed E-state index contributed by atoms with van der Waals surface area (Å²) < 4.78 is 0. The molecule has 3 rings (SSSR count). The highest BCUT2D eigenvalue weighted by Gasteiger charge is 2.43. The van der Waals surface area contributed by atoms with Gasteiger partial charge in [-0.25, -0.2) is 0 Å². The van der Waals surface area contributed by atoms with Crippen LogP contribution in [0.3, 0.4) is 0 Å². The maximum Gasteiger partial charge on any atom is 0.230 e. The number of halogens is 1. The maximum absolute atomic E-state index is 13.0. The van der Waals surface area contributed by atoms with E-state index in [-0.39, 0.29) is 17.4 Å². The Morgan fingerprint density at radius 3 is 2.50 bits per heavy atom. The van der Waals surface area contributed by atoms with Gasteiger partial charge in [-0.1, -0.05) is 36.6 Å². The summed E-state index contributed by atoms with van der Waals surface area (Å²) >= 11 is 6.15. The van der Waals surface area contributed by atoms with E-state index in [1.807, 2.05) is 24.3 Å². The molecule has 1 aromatic rings. The third-order valence-corrected chi connectivity index (χ3v) is 5.61. The molecule has 22 heavy (non-hydrogen) atoms. The molecular weight excluding hydrogens is 296 g/mol. The Morgan fingerprint density at radius 2 is 1.86 bits per heavy atom. The number of hydrogen-bond acceptors (Lipinski definition) is 2. The van der Waals surface area contributed by atoms with Gasteiger partial charge in [-0.2, -0.15) is 0 Å². The summed E-state index contributed by atoms with van der Waals surface area (Å²) in [5, 5.41) is 4.01. The Kier molecular flexibility index (Phi) is 4.74. The van der Waals surface area contributed by atoms with Gasteiger partial charge in [0.1, 0.15) is 0 Å². The smallest absolute Gasteiger partial charge is 0.230 e. The van der Waals surface area contributed by atoms with Crippen molar-refractivity contribution in [1.29, 1.82) is 0 Å². The first-order valence-electron chi connectivity index (χ1n) is 8.43. The Hall–Kier alpha value is -1.06. The van der Waals surface area contributed by atoms with E-state index in [2.05, 4.69) is 5.32 Å².